The van der Waals surface area contributed by atoms with Gasteiger partial charge in [0.1, 0.15) is 0 Å². The molecule has 3 rings (SSSR count). The number of urea groups is 1. The maximum absolute atomic E-state index is 12.3. The number of carbonyl (C=O) groups is 1. The van der Waals surface area contributed by atoms with Crippen molar-refractivity contribution in [3.63, 3.8) is 0 Å². The minimum Gasteiger partial charge on any atom is -0.493 e. The molecule has 1 saturated heterocycles. The molecule has 2 aromatic rings. The minimum absolute atomic E-state index is 0.304. The van der Waals surface area contributed by atoms with Gasteiger partial charge in [-0.15, -0.1) is 0 Å². The molecule has 2 aromatic carbocycles. The zero-order valence-electron chi connectivity index (χ0n) is 16.1. The zero-order valence-corrected chi connectivity index (χ0v) is 16.1. The summed E-state index contributed by atoms with van der Waals surface area (Å²) in [5.74, 6) is 1.99. The van der Waals surface area contributed by atoms with Crippen LogP contribution in [0.5, 0.6) is 11.5 Å². The lowest BCUT2D eigenvalue weighted by Gasteiger charge is -2.32. The number of benzene rings is 2. The van der Waals surface area contributed by atoms with Gasteiger partial charge in [-0.2, -0.15) is 0 Å². The first-order valence-corrected chi connectivity index (χ1v) is 9.24. The summed E-state index contributed by atoms with van der Waals surface area (Å²) in [5.41, 5.74) is 2.58. The summed E-state index contributed by atoms with van der Waals surface area (Å²) in [5, 5.41) is 5.66. The molecule has 2 N–H and O–H groups in total. The third-order valence-electron chi connectivity index (χ3n) is 4.92. The van der Waals surface area contributed by atoms with Crippen molar-refractivity contribution < 1.29 is 14.3 Å². The van der Waals surface area contributed by atoms with Gasteiger partial charge in [0.05, 0.1) is 14.2 Å². The molecule has 0 spiro atoms. The number of anilines is 3. The van der Waals surface area contributed by atoms with E-state index in [1.54, 1.807) is 32.4 Å². The molecule has 0 radical (unpaired) electrons. The number of amides is 2. The average Bonchev–Trinajstić information content (AvgIpc) is 2.69. The predicted octanol–water partition coefficient (Wildman–Crippen LogP) is 4.58. The summed E-state index contributed by atoms with van der Waals surface area (Å²) in [7, 11) is 3.14. The van der Waals surface area contributed by atoms with Gasteiger partial charge in [0, 0.05) is 36.2 Å². The van der Waals surface area contributed by atoms with Gasteiger partial charge in [0.25, 0.3) is 0 Å². The smallest absolute Gasteiger partial charge is 0.323 e. The van der Waals surface area contributed by atoms with Crippen molar-refractivity contribution in [2.75, 3.05) is 42.8 Å². The highest BCUT2D eigenvalue weighted by molar-refractivity contribution is 6.00. The van der Waals surface area contributed by atoms with Gasteiger partial charge in [-0.1, -0.05) is 6.92 Å². The van der Waals surface area contributed by atoms with Gasteiger partial charge >= 0.3 is 6.03 Å². The van der Waals surface area contributed by atoms with E-state index in [1.807, 2.05) is 12.1 Å². The normalized spacial score (nSPS) is 14.6. The van der Waals surface area contributed by atoms with E-state index < -0.39 is 0 Å². The number of nitrogens with one attached hydrogen (secondary N) is 2. The number of ether oxygens (including phenoxy) is 2. The molecule has 0 bridgehead atoms. The number of rotatable bonds is 5. The van der Waals surface area contributed by atoms with Crippen LogP contribution in [0.2, 0.25) is 0 Å². The monoisotopic (exact) mass is 369 g/mol. The highest BCUT2D eigenvalue weighted by Crippen LogP contribution is 2.30. The Balaban J connectivity index is 1.58. The van der Waals surface area contributed by atoms with E-state index in [0.717, 1.165) is 24.7 Å². The first kappa shape index (κ1) is 18.9. The van der Waals surface area contributed by atoms with Crippen molar-refractivity contribution in [1.82, 2.24) is 0 Å². The fourth-order valence-electron chi connectivity index (χ4n) is 3.23. The Morgan fingerprint density at radius 1 is 0.926 bits per heavy atom. The molecule has 1 aliphatic heterocycles. The lowest BCUT2D eigenvalue weighted by molar-refractivity contribution is 0.262. The largest absolute Gasteiger partial charge is 0.493 e. The number of hydrogen-bond acceptors (Lipinski definition) is 4. The molecule has 1 heterocycles. The van der Waals surface area contributed by atoms with Crippen LogP contribution < -0.4 is 25.0 Å². The lowest BCUT2D eigenvalue weighted by Crippen LogP contribution is -2.32. The Bertz CT molecular complexity index is 769. The fraction of sp³-hybridized carbons (Fsp3) is 0.381. The topological polar surface area (TPSA) is 62.8 Å². The predicted molar refractivity (Wildman–Crippen MR) is 109 cm³/mol. The standard InChI is InChI=1S/C21H27N3O3/c1-15-10-12-24(13-11-15)18-7-4-16(5-8-18)22-21(25)23-17-6-9-19(26-2)20(14-17)27-3/h4-9,14-15H,10-13H2,1-3H3,(H2,22,23,25). The van der Waals surface area contributed by atoms with E-state index >= 15 is 0 Å². The van der Waals surface area contributed by atoms with Crippen LogP contribution in [0.4, 0.5) is 21.9 Å². The van der Waals surface area contributed by atoms with Crippen LogP contribution in [-0.4, -0.2) is 33.3 Å². The van der Waals surface area contributed by atoms with E-state index in [2.05, 4.69) is 34.6 Å². The Kier molecular flexibility index (Phi) is 6.06. The Hall–Kier alpha value is -2.89. The maximum Gasteiger partial charge on any atom is 0.323 e. The molecule has 1 aliphatic rings. The Morgan fingerprint density at radius 2 is 1.52 bits per heavy atom. The molecule has 6 heteroatoms. The van der Waals surface area contributed by atoms with E-state index in [-0.39, 0.29) is 6.03 Å². The molecule has 0 saturated carbocycles. The number of hydrogen-bond donors (Lipinski definition) is 2. The second kappa shape index (κ2) is 8.66. The minimum atomic E-state index is -0.304. The third-order valence-corrected chi connectivity index (χ3v) is 4.92. The second-order valence-electron chi connectivity index (χ2n) is 6.87. The van der Waals surface area contributed by atoms with E-state index in [9.17, 15) is 4.79 Å². The summed E-state index contributed by atoms with van der Waals surface area (Å²) in [6.07, 6.45) is 2.46. The van der Waals surface area contributed by atoms with Crippen molar-refractivity contribution in [3.8, 4) is 11.5 Å². The SMILES string of the molecule is COc1ccc(NC(=O)Nc2ccc(N3CCC(C)CC3)cc2)cc1OC. The van der Waals surface area contributed by atoms with Crippen LogP contribution in [0, 0.1) is 5.92 Å². The van der Waals surface area contributed by atoms with Gasteiger partial charge in [0.2, 0.25) is 0 Å². The summed E-state index contributed by atoms with van der Waals surface area (Å²) in [6.45, 7) is 4.49. The van der Waals surface area contributed by atoms with E-state index in [4.69, 9.17) is 9.47 Å². The van der Waals surface area contributed by atoms with Crippen LogP contribution in [0.1, 0.15) is 19.8 Å². The first-order valence-electron chi connectivity index (χ1n) is 9.24. The molecule has 0 aliphatic carbocycles. The summed E-state index contributed by atoms with van der Waals surface area (Å²) in [6, 6.07) is 12.9. The van der Waals surface area contributed by atoms with E-state index in [0.29, 0.717) is 17.2 Å². The number of nitrogens with zero attached hydrogens (tertiary/aromatic N) is 1. The van der Waals surface area contributed by atoms with Crippen molar-refractivity contribution in [1.29, 1.82) is 0 Å². The van der Waals surface area contributed by atoms with Crippen LogP contribution in [0.3, 0.4) is 0 Å². The molecular formula is C21H27N3O3. The van der Waals surface area contributed by atoms with Crippen molar-refractivity contribution in [2.45, 2.75) is 19.8 Å². The van der Waals surface area contributed by atoms with Crippen LogP contribution in [-0.2, 0) is 0 Å². The number of methoxy groups -OCH3 is 2. The highest BCUT2D eigenvalue weighted by Gasteiger charge is 2.16. The van der Waals surface area contributed by atoms with Crippen LogP contribution >= 0.6 is 0 Å². The Morgan fingerprint density at radius 3 is 2.15 bits per heavy atom. The summed E-state index contributed by atoms with van der Waals surface area (Å²) in [4.78, 5) is 14.7. The molecule has 144 valence electrons. The molecule has 1 fully saturated rings. The molecule has 2 amide bonds. The number of piperidine rings is 1. The summed E-state index contributed by atoms with van der Waals surface area (Å²) >= 11 is 0. The van der Waals surface area contributed by atoms with Gasteiger partial charge in [-0.25, -0.2) is 4.79 Å². The van der Waals surface area contributed by atoms with Crippen LogP contribution in [0.15, 0.2) is 42.5 Å². The third kappa shape index (κ3) is 4.84. The van der Waals surface area contributed by atoms with Gasteiger partial charge in [-0.05, 0) is 55.2 Å². The molecule has 0 aromatic heterocycles. The Labute approximate surface area is 160 Å². The molecule has 6 nitrogen and oxygen atoms in total. The van der Waals surface area contributed by atoms with Gasteiger partial charge < -0.3 is 25.0 Å². The maximum atomic E-state index is 12.3. The molecular weight excluding hydrogens is 342 g/mol. The zero-order chi connectivity index (χ0) is 19.2. The number of carbonyl (C=O) groups excluding carboxylic acids is 1. The van der Waals surface area contributed by atoms with Gasteiger partial charge in [0.15, 0.2) is 11.5 Å². The second-order valence-corrected chi connectivity index (χ2v) is 6.87. The van der Waals surface area contributed by atoms with Crippen molar-refractivity contribution in [3.05, 3.63) is 42.5 Å². The fourth-order valence-corrected chi connectivity index (χ4v) is 3.23. The van der Waals surface area contributed by atoms with Crippen molar-refractivity contribution >= 4 is 23.1 Å². The average molecular weight is 369 g/mol. The molecule has 0 atom stereocenters. The summed E-state index contributed by atoms with van der Waals surface area (Å²) < 4.78 is 10.5. The van der Waals surface area contributed by atoms with Crippen molar-refractivity contribution in [2.24, 2.45) is 5.92 Å². The van der Waals surface area contributed by atoms with Crippen LogP contribution in [0.25, 0.3) is 0 Å². The first-order chi connectivity index (χ1) is 13.1. The van der Waals surface area contributed by atoms with E-state index in [1.165, 1.54) is 18.5 Å². The molecule has 0 unspecified atom stereocenters. The highest BCUT2D eigenvalue weighted by atomic mass is 16.5. The van der Waals surface area contributed by atoms with Gasteiger partial charge in [-0.3, -0.25) is 0 Å². The lowest BCUT2D eigenvalue weighted by atomic mass is 9.99. The quantitative estimate of drug-likeness (QED) is 0.809. The molecule has 27 heavy (non-hydrogen) atoms.